The summed E-state index contributed by atoms with van der Waals surface area (Å²) in [6, 6.07) is 6.10. The van der Waals surface area contributed by atoms with Crippen molar-refractivity contribution in [1.82, 2.24) is 9.55 Å². The highest BCUT2D eigenvalue weighted by atomic mass is 32.1. The summed E-state index contributed by atoms with van der Waals surface area (Å²) in [6.07, 6.45) is 11.1. The molecule has 0 atom stereocenters. The van der Waals surface area contributed by atoms with Gasteiger partial charge in [-0.15, -0.1) is 11.3 Å². The molecule has 0 aromatic carbocycles. The van der Waals surface area contributed by atoms with Crippen LogP contribution < -0.4 is 0 Å². The van der Waals surface area contributed by atoms with E-state index in [-0.39, 0.29) is 0 Å². The normalized spacial score (nSPS) is 15.0. The van der Waals surface area contributed by atoms with Crippen molar-refractivity contribution in [1.29, 1.82) is 5.26 Å². The van der Waals surface area contributed by atoms with Crippen molar-refractivity contribution in [3.8, 4) is 6.07 Å². The van der Waals surface area contributed by atoms with E-state index < -0.39 is 0 Å². The molecule has 2 aromatic rings. The monoisotopic (exact) mass is 269 g/mol. The Kier molecular flexibility index (Phi) is 3.47. The maximum absolute atomic E-state index is 8.87. The van der Waals surface area contributed by atoms with Crippen molar-refractivity contribution in [3.05, 3.63) is 46.2 Å². The van der Waals surface area contributed by atoms with Crippen LogP contribution in [0.25, 0.3) is 5.57 Å². The van der Waals surface area contributed by atoms with E-state index in [2.05, 4.69) is 21.7 Å². The van der Waals surface area contributed by atoms with Gasteiger partial charge < -0.3 is 4.57 Å². The summed E-state index contributed by atoms with van der Waals surface area (Å²) in [5.41, 5.74) is 1.37. The Morgan fingerprint density at radius 3 is 3.05 bits per heavy atom. The highest BCUT2D eigenvalue weighted by Crippen LogP contribution is 2.26. The molecule has 0 fully saturated rings. The molecule has 2 aromatic heterocycles. The Labute approximate surface area is 116 Å². The van der Waals surface area contributed by atoms with Gasteiger partial charge >= 0.3 is 0 Å². The minimum atomic E-state index is 0.772. The van der Waals surface area contributed by atoms with Gasteiger partial charge in [0.15, 0.2) is 0 Å². The van der Waals surface area contributed by atoms with E-state index in [1.165, 1.54) is 29.7 Å². The Hall–Kier alpha value is -1.86. The molecule has 0 saturated carbocycles. The number of nitrogens with zero attached hydrogens (tertiary/aromatic N) is 3. The second kappa shape index (κ2) is 5.41. The van der Waals surface area contributed by atoms with Crippen molar-refractivity contribution in [3.63, 3.8) is 0 Å². The molecule has 0 amide bonds. The minimum absolute atomic E-state index is 0.772. The zero-order valence-electron chi connectivity index (χ0n) is 10.7. The summed E-state index contributed by atoms with van der Waals surface area (Å²) >= 11 is 1.56. The number of rotatable bonds is 3. The third-order valence-electron chi connectivity index (χ3n) is 3.39. The number of hydrogen-bond acceptors (Lipinski definition) is 3. The first-order valence-corrected chi connectivity index (χ1v) is 7.38. The Bertz CT molecular complexity index is 642. The molecule has 19 heavy (non-hydrogen) atoms. The van der Waals surface area contributed by atoms with Crippen LogP contribution in [0.15, 0.2) is 30.6 Å². The first kappa shape index (κ1) is 12.2. The van der Waals surface area contributed by atoms with Gasteiger partial charge in [0, 0.05) is 17.3 Å². The number of nitriles is 1. The van der Waals surface area contributed by atoms with Gasteiger partial charge in [0.05, 0.1) is 6.54 Å². The largest absolute Gasteiger partial charge is 0.326 e. The summed E-state index contributed by atoms with van der Waals surface area (Å²) < 4.78 is 2.18. The molecule has 1 aliphatic rings. The maximum Gasteiger partial charge on any atom is 0.135 e. The van der Waals surface area contributed by atoms with Gasteiger partial charge in [-0.05, 0) is 43.4 Å². The maximum atomic E-state index is 8.87. The molecule has 1 aliphatic carbocycles. The average Bonchev–Trinajstić information content (AvgIpc) is 3.09. The second-order valence-electron chi connectivity index (χ2n) is 4.73. The third kappa shape index (κ3) is 2.61. The van der Waals surface area contributed by atoms with Gasteiger partial charge in [0.2, 0.25) is 0 Å². The fourth-order valence-corrected chi connectivity index (χ4v) is 3.26. The highest BCUT2D eigenvalue weighted by Gasteiger charge is 2.12. The van der Waals surface area contributed by atoms with E-state index in [0.29, 0.717) is 0 Å². The van der Waals surface area contributed by atoms with E-state index in [9.17, 15) is 0 Å². The fourth-order valence-electron chi connectivity index (χ4n) is 2.46. The van der Waals surface area contributed by atoms with Crippen molar-refractivity contribution in [2.45, 2.75) is 32.2 Å². The van der Waals surface area contributed by atoms with Gasteiger partial charge in [-0.2, -0.15) is 5.26 Å². The van der Waals surface area contributed by atoms with Crippen molar-refractivity contribution in [2.24, 2.45) is 0 Å². The van der Waals surface area contributed by atoms with Crippen LogP contribution in [0.1, 0.15) is 41.3 Å². The molecule has 3 nitrogen and oxygen atoms in total. The summed E-state index contributed by atoms with van der Waals surface area (Å²) in [5.74, 6) is 1.09. The standard InChI is InChI=1S/C15H15N3S/c16-10-13-6-7-14(19-13)11-18-9-8-17-15(18)12-4-2-1-3-5-12/h4,6-9H,1-3,5,11H2. The van der Waals surface area contributed by atoms with Crippen LogP contribution >= 0.6 is 11.3 Å². The number of thiophene rings is 1. The van der Waals surface area contributed by atoms with Crippen LogP contribution in [-0.4, -0.2) is 9.55 Å². The fraction of sp³-hybridized carbons (Fsp3) is 0.333. The van der Waals surface area contributed by atoms with E-state index in [4.69, 9.17) is 5.26 Å². The minimum Gasteiger partial charge on any atom is -0.326 e. The molecular weight excluding hydrogens is 254 g/mol. The second-order valence-corrected chi connectivity index (χ2v) is 5.90. The van der Waals surface area contributed by atoms with E-state index in [1.54, 1.807) is 11.3 Å². The lowest BCUT2D eigenvalue weighted by Gasteiger charge is -2.13. The zero-order chi connectivity index (χ0) is 13.1. The quantitative estimate of drug-likeness (QED) is 0.850. The molecule has 96 valence electrons. The predicted molar refractivity (Wildman–Crippen MR) is 76.8 cm³/mol. The van der Waals surface area contributed by atoms with Crippen molar-refractivity contribution >= 4 is 16.9 Å². The number of imidazole rings is 1. The molecule has 3 rings (SSSR count). The van der Waals surface area contributed by atoms with Crippen LogP contribution in [0.5, 0.6) is 0 Å². The molecule has 0 unspecified atom stereocenters. The molecule has 0 bridgehead atoms. The number of hydrogen-bond donors (Lipinski definition) is 0. The summed E-state index contributed by atoms with van der Waals surface area (Å²) in [6.45, 7) is 0.805. The lowest BCUT2D eigenvalue weighted by Crippen LogP contribution is -2.04. The topological polar surface area (TPSA) is 41.6 Å². The smallest absolute Gasteiger partial charge is 0.135 e. The van der Waals surface area contributed by atoms with Crippen LogP contribution in [-0.2, 0) is 6.54 Å². The number of allylic oxidation sites excluding steroid dienone is 2. The van der Waals surface area contributed by atoms with Crippen LogP contribution in [0.4, 0.5) is 0 Å². The first-order valence-electron chi connectivity index (χ1n) is 6.56. The summed E-state index contributed by atoms with van der Waals surface area (Å²) in [4.78, 5) is 6.47. The third-order valence-corrected chi connectivity index (χ3v) is 4.37. The lowest BCUT2D eigenvalue weighted by molar-refractivity contribution is 0.720. The van der Waals surface area contributed by atoms with Gasteiger partial charge in [0.25, 0.3) is 0 Å². The average molecular weight is 269 g/mol. The Morgan fingerprint density at radius 1 is 1.37 bits per heavy atom. The van der Waals surface area contributed by atoms with Crippen molar-refractivity contribution in [2.75, 3.05) is 0 Å². The van der Waals surface area contributed by atoms with Crippen LogP contribution in [0.2, 0.25) is 0 Å². The van der Waals surface area contributed by atoms with Crippen molar-refractivity contribution < 1.29 is 0 Å². The lowest BCUT2D eigenvalue weighted by atomic mass is 9.99. The molecule has 0 saturated heterocycles. The summed E-state index contributed by atoms with van der Waals surface area (Å²) in [5, 5.41) is 8.87. The van der Waals surface area contributed by atoms with E-state index in [0.717, 1.165) is 23.7 Å². The SMILES string of the molecule is N#Cc1ccc(Cn2ccnc2C2=CCCCC2)s1. The molecule has 0 spiro atoms. The highest BCUT2D eigenvalue weighted by molar-refractivity contribution is 7.12. The zero-order valence-corrected chi connectivity index (χ0v) is 11.5. The Balaban J connectivity index is 1.84. The Morgan fingerprint density at radius 2 is 2.32 bits per heavy atom. The number of aromatic nitrogens is 2. The van der Waals surface area contributed by atoms with Crippen LogP contribution in [0.3, 0.4) is 0 Å². The van der Waals surface area contributed by atoms with Gasteiger partial charge in [0.1, 0.15) is 16.8 Å². The van der Waals surface area contributed by atoms with Gasteiger partial charge in [-0.1, -0.05) is 6.08 Å². The molecule has 2 heterocycles. The molecule has 0 aliphatic heterocycles. The molecule has 0 N–H and O–H groups in total. The predicted octanol–water partition coefficient (Wildman–Crippen LogP) is 3.82. The van der Waals surface area contributed by atoms with Gasteiger partial charge in [-0.3, -0.25) is 0 Å². The summed E-state index contributed by atoms with van der Waals surface area (Å²) in [7, 11) is 0. The van der Waals surface area contributed by atoms with Gasteiger partial charge in [-0.25, -0.2) is 4.98 Å². The first-order chi connectivity index (χ1) is 9.36. The van der Waals surface area contributed by atoms with E-state index >= 15 is 0 Å². The molecule has 0 radical (unpaired) electrons. The molecular formula is C15H15N3S. The van der Waals surface area contributed by atoms with Crippen LogP contribution in [0, 0.1) is 11.3 Å². The molecule has 4 heteroatoms. The van der Waals surface area contributed by atoms with E-state index in [1.807, 2.05) is 24.5 Å².